The molecule has 13 heavy (non-hydrogen) atoms. The van der Waals surface area contributed by atoms with Crippen LogP contribution < -0.4 is 0 Å². The highest BCUT2D eigenvalue weighted by molar-refractivity contribution is 5.57. The third kappa shape index (κ3) is 2.66. The molecule has 3 atom stereocenters. The summed E-state index contributed by atoms with van der Waals surface area (Å²) in [5, 5.41) is 33.9. The zero-order valence-electron chi connectivity index (χ0n) is 6.47. The van der Waals surface area contributed by atoms with E-state index in [0.29, 0.717) is 0 Å². The van der Waals surface area contributed by atoms with Crippen LogP contribution in [0.5, 0.6) is 0 Å². The van der Waals surface area contributed by atoms with Gasteiger partial charge in [0, 0.05) is 0 Å². The first-order valence-electron chi connectivity index (χ1n) is 3.36. The molecule has 0 fully saturated rings. The molecule has 0 rings (SSSR count). The fraction of sp³-hybridized carbons (Fsp3) is 0.833. The predicted molar refractivity (Wildman–Crippen MR) is 36.1 cm³/mol. The Bertz CT molecular complexity index is 174. The van der Waals surface area contributed by atoms with Crippen LogP contribution in [0.15, 0.2) is 0 Å². The van der Waals surface area contributed by atoms with Crippen LogP contribution in [0, 0.1) is 0 Å². The number of aliphatic hydroxyl groups is 4. The molecule has 0 spiro atoms. The van der Waals surface area contributed by atoms with E-state index in [4.69, 9.17) is 20.4 Å². The van der Waals surface area contributed by atoms with Crippen molar-refractivity contribution in [2.24, 2.45) is 0 Å². The largest absolute Gasteiger partial charge is 0.394 e. The van der Waals surface area contributed by atoms with E-state index in [9.17, 15) is 13.6 Å². The summed E-state index contributed by atoms with van der Waals surface area (Å²) in [5.41, 5.74) is 0. The second kappa shape index (κ2) is 4.56. The Morgan fingerprint density at radius 1 is 1.31 bits per heavy atom. The van der Waals surface area contributed by atoms with Gasteiger partial charge in [-0.1, -0.05) is 0 Å². The van der Waals surface area contributed by atoms with E-state index in [1.165, 1.54) is 0 Å². The van der Waals surface area contributed by atoms with Crippen LogP contribution in [0.2, 0.25) is 0 Å². The minimum absolute atomic E-state index is 0.465. The van der Waals surface area contributed by atoms with Gasteiger partial charge in [-0.2, -0.15) is 0 Å². The molecule has 5 nitrogen and oxygen atoms in total. The summed E-state index contributed by atoms with van der Waals surface area (Å²) in [6.07, 6.45) is -7.96. The van der Waals surface area contributed by atoms with Gasteiger partial charge in [0.1, 0.15) is 12.2 Å². The molecule has 0 amide bonds. The summed E-state index contributed by atoms with van der Waals surface area (Å²) in [5.74, 6) is -4.18. The average Bonchev–Trinajstić information content (AvgIpc) is 2.13. The topological polar surface area (TPSA) is 98.0 Å². The van der Waals surface area contributed by atoms with Crippen molar-refractivity contribution in [3.8, 4) is 0 Å². The van der Waals surface area contributed by atoms with Crippen molar-refractivity contribution in [1.82, 2.24) is 0 Å². The Balaban J connectivity index is 4.51. The van der Waals surface area contributed by atoms with Crippen LogP contribution in [0.25, 0.3) is 0 Å². The highest BCUT2D eigenvalue weighted by Crippen LogP contribution is 2.24. The summed E-state index contributed by atoms with van der Waals surface area (Å²) in [4.78, 5) is 9.78. The van der Waals surface area contributed by atoms with Gasteiger partial charge in [-0.15, -0.1) is 0 Å². The molecule has 0 saturated carbocycles. The molecule has 78 valence electrons. The first kappa shape index (κ1) is 12.4. The van der Waals surface area contributed by atoms with E-state index < -0.39 is 37.1 Å². The third-order valence-corrected chi connectivity index (χ3v) is 1.47. The lowest BCUT2D eigenvalue weighted by Crippen LogP contribution is -2.52. The predicted octanol–water partition coefficient (Wildman–Crippen LogP) is -2.10. The van der Waals surface area contributed by atoms with Gasteiger partial charge >= 0.3 is 5.92 Å². The molecular weight excluding hydrogens is 190 g/mol. The summed E-state index contributed by atoms with van der Waals surface area (Å²) in [7, 11) is 0. The maximum Gasteiger partial charge on any atom is 0.308 e. The molecule has 0 unspecified atom stereocenters. The molecule has 0 saturated heterocycles. The van der Waals surface area contributed by atoms with Crippen LogP contribution in [-0.4, -0.2) is 57.6 Å². The van der Waals surface area contributed by atoms with Gasteiger partial charge in [0.05, 0.1) is 6.61 Å². The van der Waals surface area contributed by atoms with Crippen LogP contribution in [0.3, 0.4) is 0 Å². The SMILES string of the molecule is O=C[C@H](O)C(F)(F)[C@@H](O)[C@H](O)CO. The quantitative estimate of drug-likeness (QED) is 0.381. The lowest BCUT2D eigenvalue weighted by Gasteiger charge is -2.26. The Hall–Kier alpha value is -0.630. The maximum absolute atomic E-state index is 12.6. The van der Waals surface area contributed by atoms with E-state index in [2.05, 4.69) is 0 Å². The fourth-order valence-electron chi connectivity index (χ4n) is 0.622. The van der Waals surface area contributed by atoms with Gasteiger partial charge in [-0.3, -0.25) is 0 Å². The maximum atomic E-state index is 12.6. The van der Waals surface area contributed by atoms with Gasteiger partial charge in [0.2, 0.25) is 0 Å². The highest BCUT2D eigenvalue weighted by atomic mass is 19.3. The van der Waals surface area contributed by atoms with E-state index in [0.717, 1.165) is 0 Å². The molecule has 0 bridgehead atoms. The van der Waals surface area contributed by atoms with Gasteiger partial charge in [-0.05, 0) is 0 Å². The molecule has 7 heteroatoms. The molecule has 0 aromatic carbocycles. The molecule has 0 aromatic heterocycles. The number of alkyl halides is 2. The van der Waals surface area contributed by atoms with Crippen molar-refractivity contribution in [1.29, 1.82) is 0 Å². The zero-order valence-corrected chi connectivity index (χ0v) is 6.47. The number of aldehydes is 1. The highest BCUT2D eigenvalue weighted by Gasteiger charge is 2.48. The van der Waals surface area contributed by atoms with Gasteiger partial charge < -0.3 is 25.2 Å². The minimum Gasteiger partial charge on any atom is -0.394 e. The van der Waals surface area contributed by atoms with Crippen molar-refractivity contribution in [3.63, 3.8) is 0 Å². The lowest BCUT2D eigenvalue weighted by atomic mass is 10.0. The Morgan fingerprint density at radius 2 is 1.77 bits per heavy atom. The number of carbonyl (C=O) groups is 1. The number of halogens is 2. The Labute approximate surface area is 72.2 Å². The molecule has 4 N–H and O–H groups in total. The lowest BCUT2D eigenvalue weighted by molar-refractivity contribution is -0.203. The number of aliphatic hydroxyl groups excluding tert-OH is 4. The molecule has 0 aromatic rings. The van der Waals surface area contributed by atoms with Gasteiger partial charge in [-0.25, -0.2) is 8.78 Å². The van der Waals surface area contributed by atoms with Crippen molar-refractivity contribution < 1.29 is 34.0 Å². The number of hydrogen-bond donors (Lipinski definition) is 4. The van der Waals surface area contributed by atoms with Crippen LogP contribution in [-0.2, 0) is 4.79 Å². The van der Waals surface area contributed by atoms with E-state index in [1.54, 1.807) is 0 Å². The second-order valence-corrected chi connectivity index (χ2v) is 2.45. The second-order valence-electron chi connectivity index (χ2n) is 2.45. The monoisotopic (exact) mass is 200 g/mol. The Kier molecular flexibility index (Phi) is 4.34. The van der Waals surface area contributed by atoms with Gasteiger partial charge in [0.15, 0.2) is 12.4 Å². The average molecular weight is 200 g/mol. The third-order valence-electron chi connectivity index (χ3n) is 1.47. The van der Waals surface area contributed by atoms with Crippen LogP contribution in [0.4, 0.5) is 8.78 Å². The first-order valence-corrected chi connectivity index (χ1v) is 3.36. The fourth-order valence-corrected chi connectivity index (χ4v) is 0.622. The summed E-state index contributed by atoms with van der Waals surface area (Å²) < 4.78 is 25.3. The minimum atomic E-state index is -4.18. The van der Waals surface area contributed by atoms with E-state index >= 15 is 0 Å². The molecule has 0 aliphatic rings. The van der Waals surface area contributed by atoms with Crippen molar-refractivity contribution in [2.75, 3.05) is 6.61 Å². The van der Waals surface area contributed by atoms with Crippen molar-refractivity contribution >= 4 is 6.29 Å². The molecular formula is C6H10F2O5. The molecule has 0 aliphatic heterocycles. The molecule has 0 radical (unpaired) electrons. The molecule has 0 heterocycles. The van der Waals surface area contributed by atoms with Gasteiger partial charge in [0.25, 0.3) is 0 Å². The number of hydrogen-bond acceptors (Lipinski definition) is 5. The molecule has 0 aliphatic carbocycles. The van der Waals surface area contributed by atoms with E-state index in [-0.39, 0.29) is 0 Å². The number of carbonyl (C=O) groups excluding carboxylic acids is 1. The number of rotatable bonds is 5. The first-order chi connectivity index (χ1) is 5.87. The summed E-state index contributed by atoms with van der Waals surface area (Å²) in [6.45, 7) is -1.09. The smallest absolute Gasteiger partial charge is 0.308 e. The van der Waals surface area contributed by atoms with Crippen molar-refractivity contribution in [2.45, 2.75) is 24.2 Å². The zero-order chi connectivity index (χ0) is 10.6. The van der Waals surface area contributed by atoms with Crippen molar-refractivity contribution in [3.05, 3.63) is 0 Å². The normalized spacial score (nSPS) is 19.2. The van der Waals surface area contributed by atoms with Crippen LogP contribution >= 0.6 is 0 Å². The van der Waals surface area contributed by atoms with Crippen LogP contribution in [0.1, 0.15) is 0 Å². The summed E-state index contributed by atoms with van der Waals surface area (Å²) >= 11 is 0. The summed E-state index contributed by atoms with van der Waals surface area (Å²) in [6, 6.07) is 0. The standard InChI is InChI=1S/C6H10F2O5/c7-6(8,4(12)2-10)5(13)3(11)1-9/h2-5,9,11-13H,1H2/t3-,4+,5+/m1/s1. The van der Waals surface area contributed by atoms with E-state index in [1.807, 2.05) is 0 Å². The Morgan fingerprint density at radius 3 is 2.08 bits per heavy atom.